The summed E-state index contributed by atoms with van der Waals surface area (Å²) in [6, 6.07) is 4.30. The van der Waals surface area contributed by atoms with E-state index in [1.54, 1.807) is 0 Å². The highest BCUT2D eigenvalue weighted by molar-refractivity contribution is 6.44. The third-order valence-corrected chi connectivity index (χ3v) is 3.55. The number of benzene rings is 1. The molecule has 2 rings (SSSR count). The normalized spacial score (nSPS) is 16.6. The van der Waals surface area contributed by atoms with Crippen molar-refractivity contribution in [3.8, 4) is 17.6 Å². The first-order chi connectivity index (χ1) is 11.2. The van der Waals surface area contributed by atoms with Gasteiger partial charge in [0.25, 0.3) is 0 Å². The number of fused-ring (bicyclic) bond motifs is 1. The first kappa shape index (κ1) is 18.5. The van der Waals surface area contributed by atoms with Crippen LogP contribution in [0.3, 0.4) is 0 Å². The Morgan fingerprint density at radius 3 is 2.67 bits per heavy atom. The number of rotatable bonds is 3. The number of hydrogen-bond donors (Lipinski definition) is 1. The molecule has 1 aliphatic heterocycles. The van der Waals surface area contributed by atoms with Gasteiger partial charge in [-0.15, -0.1) is 23.2 Å². The molecule has 128 valence electrons. The summed E-state index contributed by atoms with van der Waals surface area (Å²) < 4.78 is 43.6. The minimum absolute atomic E-state index is 0.0468. The van der Waals surface area contributed by atoms with Crippen LogP contribution >= 0.6 is 23.2 Å². The van der Waals surface area contributed by atoms with Gasteiger partial charge in [-0.05, 0) is 30.7 Å². The number of hydrogen-bond acceptors (Lipinski definition) is 2. The molecule has 0 saturated carbocycles. The van der Waals surface area contributed by atoms with E-state index in [1.807, 2.05) is 0 Å². The lowest BCUT2D eigenvalue weighted by molar-refractivity contribution is -0.187. The number of alkyl halides is 5. The molecule has 1 N–H and O–H groups in total. The third kappa shape index (κ3) is 4.59. The molecular formula is C16H11Cl2F3O3. The fraction of sp³-hybridized carbons (Fsp3) is 0.312. The summed E-state index contributed by atoms with van der Waals surface area (Å²) >= 11 is 11.2. The van der Waals surface area contributed by atoms with Gasteiger partial charge >= 0.3 is 12.1 Å². The van der Waals surface area contributed by atoms with E-state index in [0.717, 1.165) is 6.08 Å². The Balaban J connectivity index is 2.30. The Morgan fingerprint density at radius 1 is 1.38 bits per heavy atom. The number of aliphatic carboxylic acids is 1. The van der Waals surface area contributed by atoms with E-state index in [4.69, 9.17) is 33.0 Å². The molecule has 0 saturated heterocycles. The SMILES string of the molecule is O=C(O)C1=Cc2cc(C#CCCC(Cl)Cl)ccc2OC1C(F)(F)F. The van der Waals surface area contributed by atoms with Crippen molar-refractivity contribution in [3.05, 3.63) is 34.9 Å². The molecule has 0 aromatic heterocycles. The van der Waals surface area contributed by atoms with Gasteiger partial charge in [-0.3, -0.25) is 0 Å². The molecule has 0 aliphatic carbocycles. The maximum atomic E-state index is 12.9. The minimum Gasteiger partial charge on any atom is -0.478 e. The Labute approximate surface area is 146 Å². The van der Waals surface area contributed by atoms with Crippen LogP contribution in [0.4, 0.5) is 13.2 Å². The fourth-order valence-electron chi connectivity index (χ4n) is 2.04. The molecule has 1 aromatic carbocycles. The van der Waals surface area contributed by atoms with Gasteiger partial charge in [0, 0.05) is 17.5 Å². The molecule has 1 atom stereocenters. The smallest absolute Gasteiger partial charge is 0.430 e. The van der Waals surface area contributed by atoms with Gasteiger partial charge in [0.1, 0.15) is 10.6 Å². The van der Waals surface area contributed by atoms with Gasteiger partial charge in [0.05, 0.1) is 5.57 Å². The van der Waals surface area contributed by atoms with Crippen LogP contribution in [0, 0.1) is 11.8 Å². The second-order valence-electron chi connectivity index (χ2n) is 4.93. The zero-order valence-electron chi connectivity index (χ0n) is 12.0. The maximum absolute atomic E-state index is 12.9. The minimum atomic E-state index is -4.82. The largest absolute Gasteiger partial charge is 0.478 e. The molecule has 1 aliphatic rings. The molecule has 0 amide bonds. The monoisotopic (exact) mass is 378 g/mol. The average Bonchev–Trinajstić information content (AvgIpc) is 2.49. The van der Waals surface area contributed by atoms with Gasteiger partial charge in [0.2, 0.25) is 6.10 Å². The van der Waals surface area contributed by atoms with E-state index in [0.29, 0.717) is 18.4 Å². The van der Waals surface area contributed by atoms with Crippen molar-refractivity contribution in [2.45, 2.75) is 30.0 Å². The van der Waals surface area contributed by atoms with Crippen molar-refractivity contribution in [2.24, 2.45) is 0 Å². The Bertz CT molecular complexity index is 730. The molecule has 0 fully saturated rings. The van der Waals surface area contributed by atoms with Crippen molar-refractivity contribution < 1.29 is 27.8 Å². The van der Waals surface area contributed by atoms with Gasteiger partial charge in [-0.25, -0.2) is 4.79 Å². The van der Waals surface area contributed by atoms with Gasteiger partial charge in [-0.2, -0.15) is 13.2 Å². The van der Waals surface area contributed by atoms with Crippen molar-refractivity contribution >= 4 is 35.2 Å². The van der Waals surface area contributed by atoms with E-state index < -0.39 is 28.7 Å². The van der Waals surface area contributed by atoms with Crippen molar-refractivity contribution in [2.75, 3.05) is 0 Å². The molecule has 0 spiro atoms. The molecule has 0 bridgehead atoms. The summed E-state index contributed by atoms with van der Waals surface area (Å²) in [7, 11) is 0. The van der Waals surface area contributed by atoms with Crippen LogP contribution < -0.4 is 4.74 Å². The van der Waals surface area contributed by atoms with Gasteiger partial charge in [0.15, 0.2) is 0 Å². The lowest BCUT2D eigenvalue weighted by atomic mass is 9.99. The molecule has 1 aromatic rings. The highest BCUT2D eigenvalue weighted by Crippen LogP contribution is 2.37. The highest BCUT2D eigenvalue weighted by Gasteiger charge is 2.48. The lowest BCUT2D eigenvalue weighted by Gasteiger charge is -2.27. The predicted octanol–water partition coefficient (Wildman–Crippen LogP) is 4.41. The van der Waals surface area contributed by atoms with E-state index in [2.05, 4.69) is 11.8 Å². The standard InChI is InChI=1S/C16H11Cl2F3O3/c17-13(18)4-2-1-3-9-5-6-12-10(7-9)8-11(15(22)23)14(24-12)16(19,20)21/h5-8,13-14H,2,4H2,(H,22,23). The van der Waals surface area contributed by atoms with E-state index >= 15 is 0 Å². The number of carboxylic acids is 1. The summed E-state index contributed by atoms with van der Waals surface area (Å²) in [6.07, 6.45) is -5.42. The fourth-order valence-corrected chi connectivity index (χ4v) is 2.26. The van der Waals surface area contributed by atoms with Crippen LogP contribution in [-0.2, 0) is 4.79 Å². The molecule has 1 heterocycles. The average molecular weight is 379 g/mol. The van der Waals surface area contributed by atoms with Gasteiger partial charge < -0.3 is 9.84 Å². The highest BCUT2D eigenvalue weighted by atomic mass is 35.5. The summed E-state index contributed by atoms with van der Waals surface area (Å²) in [4.78, 5) is 10.6. The van der Waals surface area contributed by atoms with Crippen LogP contribution in [0.5, 0.6) is 5.75 Å². The Morgan fingerprint density at radius 2 is 2.08 bits per heavy atom. The number of halogens is 5. The van der Waals surface area contributed by atoms with Crippen LogP contribution in [0.15, 0.2) is 23.8 Å². The first-order valence-corrected chi connectivity index (χ1v) is 7.65. The predicted molar refractivity (Wildman–Crippen MR) is 84.1 cm³/mol. The van der Waals surface area contributed by atoms with Crippen molar-refractivity contribution in [1.82, 2.24) is 0 Å². The molecule has 8 heteroatoms. The van der Waals surface area contributed by atoms with Crippen LogP contribution in [0.2, 0.25) is 0 Å². The quantitative estimate of drug-likeness (QED) is 0.625. The summed E-state index contributed by atoms with van der Waals surface area (Å²) in [5.74, 6) is 3.91. The number of ether oxygens (including phenoxy) is 1. The second kappa shape index (κ2) is 7.37. The zero-order chi connectivity index (χ0) is 17.9. The Hall–Kier alpha value is -1.84. The summed E-state index contributed by atoms with van der Waals surface area (Å²) in [5.41, 5.74) is -0.121. The van der Waals surface area contributed by atoms with Crippen LogP contribution in [0.1, 0.15) is 24.0 Å². The number of carboxylic acid groups (broad SMARTS) is 1. The van der Waals surface area contributed by atoms with Crippen molar-refractivity contribution in [3.63, 3.8) is 0 Å². The van der Waals surface area contributed by atoms with E-state index in [-0.39, 0.29) is 11.3 Å². The maximum Gasteiger partial charge on any atom is 0.430 e. The summed E-state index contributed by atoms with van der Waals surface area (Å²) in [5, 5.41) is 8.99. The van der Waals surface area contributed by atoms with E-state index in [1.165, 1.54) is 18.2 Å². The summed E-state index contributed by atoms with van der Waals surface area (Å²) in [6.45, 7) is 0. The molecule has 3 nitrogen and oxygen atoms in total. The second-order valence-corrected chi connectivity index (χ2v) is 6.21. The van der Waals surface area contributed by atoms with Crippen LogP contribution in [-0.4, -0.2) is 28.2 Å². The molecule has 1 unspecified atom stereocenters. The Kier molecular flexibility index (Phi) is 5.68. The molecular weight excluding hydrogens is 368 g/mol. The number of carbonyl (C=O) groups is 1. The van der Waals surface area contributed by atoms with E-state index in [9.17, 15) is 18.0 Å². The molecule has 0 radical (unpaired) electrons. The zero-order valence-corrected chi connectivity index (χ0v) is 13.5. The van der Waals surface area contributed by atoms with Gasteiger partial charge in [-0.1, -0.05) is 11.8 Å². The first-order valence-electron chi connectivity index (χ1n) is 6.78. The van der Waals surface area contributed by atoms with Crippen LogP contribution in [0.25, 0.3) is 6.08 Å². The lowest BCUT2D eigenvalue weighted by Crippen LogP contribution is -2.40. The molecule has 24 heavy (non-hydrogen) atoms. The van der Waals surface area contributed by atoms with Crippen molar-refractivity contribution in [1.29, 1.82) is 0 Å². The topological polar surface area (TPSA) is 46.5 Å². The third-order valence-electron chi connectivity index (χ3n) is 3.11.